The summed E-state index contributed by atoms with van der Waals surface area (Å²) in [5.74, 6) is -2.18. The molecule has 0 unspecified atom stereocenters. The van der Waals surface area contributed by atoms with Crippen LogP contribution in [0.4, 0.5) is 0 Å². The Labute approximate surface area is 128 Å². The summed E-state index contributed by atoms with van der Waals surface area (Å²) in [5.41, 5.74) is 0.907. The predicted octanol–water partition coefficient (Wildman–Crippen LogP) is 4.11. The summed E-state index contributed by atoms with van der Waals surface area (Å²) in [7, 11) is 0. The Hall–Kier alpha value is -1.16. The van der Waals surface area contributed by atoms with Crippen molar-refractivity contribution in [3.63, 3.8) is 0 Å². The number of unbranched alkanes of at least 4 members (excludes halogenated alkanes) is 6. The highest BCUT2D eigenvalue weighted by Gasteiger charge is 2.18. The molecule has 0 atom stereocenters. The highest BCUT2D eigenvalue weighted by atomic mass is 16.8. The van der Waals surface area contributed by atoms with Gasteiger partial charge in [-0.2, -0.15) is 0 Å². The molecule has 0 fully saturated rings. The number of hydrogen-bond acceptors (Lipinski definition) is 3. The van der Waals surface area contributed by atoms with Gasteiger partial charge in [0.25, 0.3) is 5.97 Å². The van der Waals surface area contributed by atoms with Crippen molar-refractivity contribution < 1.29 is 14.9 Å². The SMILES string of the molecule is CCCCCCCCCOC(O)(O)C=Cc1ccccc1. The molecule has 1 aromatic carbocycles. The Morgan fingerprint density at radius 2 is 1.57 bits per heavy atom. The van der Waals surface area contributed by atoms with Crippen molar-refractivity contribution in [2.45, 2.75) is 57.8 Å². The summed E-state index contributed by atoms with van der Waals surface area (Å²) < 4.78 is 5.10. The van der Waals surface area contributed by atoms with E-state index in [-0.39, 0.29) is 0 Å². The minimum absolute atomic E-state index is 0.361. The Morgan fingerprint density at radius 3 is 2.24 bits per heavy atom. The molecule has 0 amide bonds. The van der Waals surface area contributed by atoms with Gasteiger partial charge in [-0.1, -0.05) is 81.9 Å². The van der Waals surface area contributed by atoms with E-state index < -0.39 is 5.97 Å². The number of ether oxygens (including phenoxy) is 1. The van der Waals surface area contributed by atoms with Crippen molar-refractivity contribution >= 4 is 6.08 Å². The zero-order valence-corrected chi connectivity index (χ0v) is 13.0. The summed E-state index contributed by atoms with van der Waals surface area (Å²) in [6, 6.07) is 9.50. The molecule has 0 aliphatic carbocycles. The van der Waals surface area contributed by atoms with Crippen LogP contribution in [0.5, 0.6) is 0 Å². The number of hydrogen-bond donors (Lipinski definition) is 2. The maximum absolute atomic E-state index is 9.69. The van der Waals surface area contributed by atoms with Gasteiger partial charge in [-0.25, -0.2) is 0 Å². The topological polar surface area (TPSA) is 49.7 Å². The monoisotopic (exact) mass is 292 g/mol. The Bertz CT molecular complexity index is 385. The van der Waals surface area contributed by atoms with Gasteiger partial charge in [0.05, 0.1) is 6.61 Å². The quantitative estimate of drug-likeness (QED) is 0.477. The third kappa shape index (κ3) is 9.40. The highest BCUT2D eigenvalue weighted by molar-refractivity contribution is 5.49. The largest absolute Gasteiger partial charge is 0.340 e. The van der Waals surface area contributed by atoms with Crippen LogP contribution in [0.2, 0.25) is 0 Å². The summed E-state index contributed by atoms with van der Waals surface area (Å²) in [4.78, 5) is 0. The van der Waals surface area contributed by atoms with E-state index in [2.05, 4.69) is 6.92 Å². The van der Waals surface area contributed by atoms with Gasteiger partial charge in [-0.3, -0.25) is 0 Å². The molecular weight excluding hydrogens is 264 g/mol. The van der Waals surface area contributed by atoms with Crippen LogP contribution in [0.1, 0.15) is 57.4 Å². The van der Waals surface area contributed by atoms with Crippen molar-refractivity contribution in [3.05, 3.63) is 42.0 Å². The predicted molar refractivity (Wildman–Crippen MR) is 86.6 cm³/mol. The standard InChI is InChI=1S/C18H28O3/c1-2-3-4-5-6-7-11-16-21-18(19,20)15-14-17-12-9-8-10-13-17/h8-10,12-15,19-20H,2-7,11,16H2,1H3. The first kappa shape index (κ1) is 17.9. The number of aliphatic hydroxyl groups is 2. The summed E-state index contributed by atoms with van der Waals surface area (Å²) in [5, 5.41) is 19.4. The average molecular weight is 292 g/mol. The molecule has 3 nitrogen and oxygen atoms in total. The zero-order chi connectivity index (χ0) is 15.4. The number of benzene rings is 1. The van der Waals surface area contributed by atoms with E-state index in [9.17, 15) is 10.2 Å². The first-order valence-electron chi connectivity index (χ1n) is 7.97. The Morgan fingerprint density at radius 1 is 0.952 bits per heavy atom. The van der Waals surface area contributed by atoms with Gasteiger partial charge in [-0.15, -0.1) is 0 Å². The van der Waals surface area contributed by atoms with E-state index in [1.54, 1.807) is 6.08 Å². The minimum atomic E-state index is -2.18. The maximum atomic E-state index is 9.69. The maximum Gasteiger partial charge on any atom is 0.299 e. The zero-order valence-electron chi connectivity index (χ0n) is 13.0. The number of rotatable bonds is 11. The van der Waals surface area contributed by atoms with Crippen molar-refractivity contribution in [2.24, 2.45) is 0 Å². The van der Waals surface area contributed by atoms with Crippen molar-refractivity contribution in [3.8, 4) is 0 Å². The van der Waals surface area contributed by atoms with Crippen LogP contribution in [-0.2, 0) is 4.74 Å². The van der Waals surface area contributed by atoms with E-state index >= 15 is 0 Å². The van der Waals surface area contributed by atoms with Gasteiger partial charge >= 0.3 is 0 Å². The van der Waals surface area contributed by atoms with E-state index in [0.29, 0.717) is 6.61 Å². The van der Waals surface area contributed by atoms with Crippen molar-refractivity contribution in [2.75, 3.05) is 6.61 Å². The third-order valence-corrected chi connectivity index (χ3v) is 3.35. The molecule has 1 aromatic rings. The van der Waals surface area contributed by atoms with Gasteiger partial charge in [-0.05, 0) is 12.0 Å². The lowest BCUT2D eigenvalue weighted by molar-refractivity contribution is -0.302. The van der Waals surface area contributed by atoms with E-state index in [0.717, 1.165) is 18.4 Å². The fraction of sp³-hybridized carbons (Fsp3) is 0.556. The van der Waals surface area contributed by atoms with Crippen LogP contribution in [0.25, 0.3) is 6.08 Å². The second-order valence-electron chi connectivity index (χ2n) is 5.37. The molecule has 0 aliphatic heterocycles. The summed E-state index contributed by atoms with van der Waals surface area (Å²) in [6.45, 7) is 2.57. The van der Waals surface area contributed by atoms with Crippen LogP contribution >= 0.6 is 0 Å². The molecule has 0 saturated heterocycles. The lowest BCUT2D eigenvalue weighted by Gasteiger charge is -2.17. The second kappa shape index (κ2) is 10.6. The first-order valence-corrected chi connectivity index (χ1v) is 7.97. The van der Waals surface area contributed by atoms with Crippen molar-refractivity contribution in [1.29, 1.82) is 0 Å². The van der Waals surface area contributed by atoms with Crippen LogP contribution in [0, 0.1) is 0 Å². The lowest BCUT2D eigenvalue weighted by atomic mass is 10.1. The molecule has 0 saturated carbocycles. The minimum Gasteiger partial charge on any atom is -0.340 e. The summed E-state index contributed by atoms with van der Waals surface area (Å²) >= 11 is 0. The van der Waals surface area contributed by atoms with Gasteiger partial charge in [0.15, 0.2) is 0 Å². The van der Waals surface area contributed by atoms with Gasteiger partial charge in [0.1, 0.15) is 0 Å². The molecule has 0 heterocycles. The Balaban J connectivity index is 2.14. The van der Waals surface area contributed by atoms with Crippen molar-refractivity contribution in [1.82, 2.24) is 0 Å². The molecule has 0 bridgehead atoms. The Kier molecular flexibility index (Phi) is 8.99. The molecule has 0 spiro atoms. The molecule has 0 radical (unpaired) electrons. The van der Waals surface area contributed by atoms with Crippen LogP contribution < -0.4 is 0 Å². The molecular formula is C18H28O3. The van der Waals surface area contributed by atoms with Gasteiger partial charge in [0, 0.05) is 6.08 Å². The lowest BCUT2D eigenvalue weighted by Crippen LogP contribution is -2.29. The second-order valence-corrected chi connectivity index (χ2v) is 5.37. The van der Waals surface area contributed by atoms with Crippen LogP contribution in [-0.4, -0.2) is 22.8 Å². The smallest absolute Gasteiger partial charge is 0.299 e. The third-order valence-electron chi connectivity index (χ3n) is 3.35. The fourth-order valence-electron chi connectivity index (χ4n) is 2.10. The summed E-state index contributed by atoms with van der Waals surface area (Å²) in [6.07, 6.45) is 11.1. The van der Waals surface area contributed by atoms with Crippen LogP contribution in [0.3, 0.4) is 0 Å². The average Bonchev–Trinajstić information content (AvgIpc) is 2.49. The molecule has 0 aliphatic rings. The van der Waals surface area contributed by atoms with E-state index in [4.69, 9.17) is 4.74 Å². The van der Waals surface area contributed by atoms with Gasteiger partial charge < -0.3 is 14.9 Å². The van der Waals surface area contributed by atoms with E-state index in [1.165, 1.54) is 38.2 Å². The highest BCUT2D eigenvalue weighted by Crippen LogP contribution is 2.11. The molecule has 21 heavy (non-hydrogen) atoms. The molecule has 2 N–H and O–H groups in total. The van der Waals surface area contributed by atoms with Crippen LogP contribution in [0.15, 0.2) is 36.4 Å². The van der Waals surface area contributed by atoms with E-state index in [1.807, 2.05) is 30.3 Å². The molecule has 118 valence electrons. The molecule has 3 heteroatoms. The van der Waals surface area contributed by atoms with Gasteiger partial charge in [0.2, 0.25) is 0 Å². The fourth-order valence-corrected chi connectivity index (χ4v) is 2.10. The first-order chi connectivity index (χ1) is 10.1. The molecule has 1 rings (SSSR count). The normalized spacial score (nSPS) is 12.1. The molecule has 0 aromatic heterocycles.